The molecule has 0 saturated heterocycles. The van der Waals surface area contributed by atoms with Crippen LogP contribution in [-0.4, -0.2) is 49.8 Å². The van der Waals surface area contributed by atoms with Crippen molar-refractivity contribution in [3.63, 3.8) is 0 Å². The fraction of sp³-hybridized carbons (Fsp3) is 0.514. The van der Waals surface area contributed by atoms with Crippen LogP contribution in [0.25, 0.3) is 11.1 Å². The summed E-state index contributed by atoms with van der Waals surface area (Å²) in [6.45, 7) is 7.41. The third-order valence-corrected chi connectivity index (χ3v) is 10.3. The normalized spacial score (nSPS) is 16.6. The molecule has 2 fully saturated rings. The van der Waals surface area contributed by atoms with Crippen LogP contribution in [0.1, 0.15) is 100 Å². The van der Waals surface area contributed by atoms with Gasteiger partial charge in [0.1, 0.15) is 23.4 Å². The maximum absolute atomic E-state index is 13.8. The topological polar surface area (TPSA) is 114 Å². The largest absolute Gasteiger partial charge is 0.377 e. The molecule has 1 aromatic heterocycles. The van der Waals surface area contributed by atoms with Crippen LogP contribution in [0.4, 0.5) is 5.82 Å². The Balaban J connectivity index is 1.44. The number of benzene rings is 2. The molecule has 242 valence electrons. The molecule has 0 aliphatic heterocycles. The van der Waals surface area contributed by atoms with E-state index in [9.17, 15) is 13.2 Å². The lowest BCUT2D eigenvalue weighted by Gasteiger charge is -2.26. The monoisotopic (exact) mass is 634 g/mol. The number of carbonyl (C=O) groups excluding carboxylic acids is 1. The number of sulfonamides is 1. The highest BCUT2D eigenvalue weighted by Gasteiger charge is 2.34. The van der Waals surface area contributed by atoms with E-state index in [1.807, 2.05) is 45.2 Å². The fourth-order valence-electron chi connectivity index (χ4n) is 6.15. The summed E-state index contributed by atoms with van der Waals surface area (Å²) in [4.78, 5) is 19.5. The third-order valence-electron chi connectivity index (χ3n) is 8.89. The van der Waals surface area contributed by atoms with E-state index in [-0.39, 0.29) is 10.7 Å². The van der Waals surface area contributed by atoms with Crippen molar-refractivity contribution in [3.05, 3.63) is 64.9 Å². The summed E-state index contributed by atoms with van der Waals surface area (Å²) in [5.41, 5.74) is 3.45. The SMILES string of the molecule is CCCC/C(=N/C1(C=O)CCCC1)N(C)Cc1ccc(-c2ccccc2S(=O)(=O)Nc2noc(C3CC3)c2C)c(COCC)c1. The number of anilines is 1. The first-order valence-electron chi connectivity index (χ1n) is 16.2. The first-order valence-corrected chi connectivity index (χ1v) is 17.7. The molecule has 9 nitrogen and oxygen atoms in total. The highest BCUT2D eigenvalue weighted by molar-refractivity contribution is 7.92. The van der Waals surface area contributed by atoms with Crippen molar-refractivity contribution in [3.8, 4) is 11.1 Å². The van der Waals surface area contributed by atoms with Crippen LogP contribution in [0.15, 0.2) is 56.9 Å². The van der Waals surface area contributed by atoms with Crippen molar-refractivity contribution in [1.82, 2.24) is 10.1 Å². The minimum atomic E-state index is -3.98. The molecule has 0 atom stereocenters. The lowest BCUT2D eigenvalue weighted by molar-refractivity contribution is -0.112. The molecule has 1 N–H and O–H groups in total. The second-order valence-electron chi connectivity index (χ2n) is 12.4. The Morgan fingerprint density at radius 3 is 2.60 bits per heavy atom. The Bertz CT molecular complexity index is 1620. The minimum absolute atomic E-state index is 0.160. The third kappa shape index (κ3) is 7.66. The maximum atomic E-state index is 13.8. The Morgan fingerprint density at radius 2 is 1.91 bits per heavy atom. The number of aldehydes is 1. The van der Waals surface area contributed by atoms with Gasteiger partial charge in [0, 0.05) is 43.7 Å². The molecule has 2 saturated carbocycles. The van der Waals surface area contributed by atoms with E-state index in [0.29, 0.717) is 31.2 Å². The van der Waals surface area contributed by atoms with Gasteiger partial charge in [-0.3, -0.25) is 9.71 Å². The zero-order valence-electron chi connectivity index (χ0n) is 27.0. The quantitative estimate of drug-likeness (QED) is 0.105. The molecule has 0 amide bonds. The number of aromatic nitrogens is 1. The Kier molecular flexibility index (Phi) is 10.4. The number of nitrogens with zero attached hydrogens (tertiary/aromatic N) is 3. The number of unbranched alkanes of at least 4 members (excludes halogenated alkanes) is 1. The van der Waals surface area contributed by atoms with Crippen LogP contribution < -0.4 is 4.72 Å². The van der Waals surface area contributed by atoms with E-state index in [1.165, 1.54) is 0 Å². The molecule has 3 aromatic rings. The highest BCUT2D eigenvalue weighted by atomic mass is 32.2. The van der Waals surface area contributed by atoms with Crippen molar-refractivity contribution < 1.29 is 22.5 Å². The van der Waals surface area contributed by atoms with Crippen LogP contribution in [0, 0.1) is 6.92 Å². The fourth-order valence-corrected chi connectivity index (χ4v) is 7.43. The van der Waals surface area contributed by atoms with Crippen molar-refractivity contribution in [2.24, 2.45) is 4.99 Å². The highest BCUT2D eigenvalue weighted by Crippen LogP contribution is 2.43. The van der Waals surface area contributed by atoms with Gasteiger partial charge in [0.2, 0.25) is 0 Å². The van der Waals surface area contributed by atoms with E-state index in [4.69, 9.17) is 14.3 Å². The van der Waals surface area contributed by atoms with Gasteiger partial charge < -0.3 is 19.0 Å². The van der Waals surface area contributed by atoms with Gasteiger partial charge in [-0.1, -0.05) is 67.7 Å². The Labute approximate surface area is 267 Å². The van der Waals surface area contributed by atoms with Gasteiger partial charge >= 0.3 is 0 Å². The molecule has 1 heterocycles. The number of aliphatic imine (C=N–C) groups is 1. The molecule has 45 heavy (non-hydrogen) atoms. The van der Waals surface area contributed by atoms with E-state index in [0.717, 1.165) is 97.9 Å². The molecule has 5 rings (SSSR count). The van der Waals surface area contributed by atoms with Gasteiger partial charge in [-0.25, -0.2) is 8.42 Å². The molecule has 2 aromatic carbocycles. The minimum Gasteiger partial charge on any atom is -0.377 e. The zero-order chi connectivity index (χ0) is 32.0. The van der Waals surface area contributed by atoms with Gasteiger partial charge in [0.05, 0.1) is 11.5 Å². The summed E-state index contributed by atoms with van der Waals surface area (Å²) >= 11 is 0. The predicted molar refractivity (Wildman–Crippen MR) is 177 cm³/mol. The average Bonchev–Trinajstić information content (AvgIpc) is 3.67. The van der Waals surface area contributed by atoms with E-state index >= 15 is 0 Å². The zero-order valence-corrected chi connectivity index (χ0v) is 27.8. The molecule has 0 radical (unpaired) electrons. The molecule has 10 heteroatoms. The van der Waals surface area contributed by atoms with Crippen LogP contribution in [0.3, 0.4) is 0 Å². The molecule has 2 aliphatic rings. The Hall–Kier alpha value is -3.50. The van der Waals surface area contributed by atoms with E-state index in [1.54, 1.807) is 12.1 Å². The molecule has 2 aliphatic carbocycles. The number of amidine groups is 1. The summed E-state index contributed by atoms with van der Waals surface area (Å²) in [5.74, 6) is 2.27. The van der Waals surface area contributed by atoms with Crippen LogP contribution >= 0.6 is 0 Å². The second kappa shape index (κ2) is 14.3. The molecular weight excluding hydrogens is 588 g/mol. The number of ether oxygens (including phenoxy) is 1. The molecule has 0 spiro atoms. The van der Waals surface area contributed by atoms with Crippen LogP contribution in [0.2, 0.25) is 0 Å². The number of hydrogen-bond acceptors (Lipinski definition) is 7. The first kappa shape index (κ1) is 32.9. The number of hydrogen-bond donors (Lipinski definition) is 1. The van der Waals surface area contributed by atoms with Gasteiger partial charge in [0.15, 0.2) is 5.82 Å². The first-order chi connectivity index (χ1) is 21.7. The summed E-state index contributed by atoms with van der Waals surface area (Å²) in [6, 6.07) is 13.1. The summed E-state index contributed by atoms with van der Waals surface area (Å²) in [5, 5.41) is 4.04. The van der Waals surface area contributed by atoms with Crippen molar-refractivity contribution in [2.75, 3.05) is 18.4 Å². The predicted octanol–water partition coefficient (Wildman–Crippen LogP) is 7.40. The van der Waals surface area contributed by atoms with Gasteiger partial charge in [-0.15, -0.1) is 0 Å². The van der Waals surface area contributed by atoms with Gasteiger partial charge in [-0.05, 0) is 68.7 Å². The smallest absolute Gasteiger partial charge is 0.263 e. The summed E-state index contributed by atoms with van der Waals surface area (Å²) in [7, 11) is -1.94. The Morgan fingerprint density at radius 1 is 1.16 bits per heavy atom. The van der Waals surface area contributed by atoms with E-state index in [2.05, 4.69) is 27.8 Å². The van der Waals surface area contributed by atoms with Crippen LogP contribution in [-0.2, 0) is 32.7 Å². The van der Waals surface area contributed by atoms with Crippen LogP contribution in [0.5, 0.6) is 0 Å². The summed E-state index contributed by atoms with van der Waals surface area (Å²) in [6.07, 6.45) is 9.65. The lowest BCUT2D eigenvalue weighted by Crippen LogP contribution is -2.33. The maximum Gasteiger partial charge on any atom is 0.263 e. The number of nitrogens with one attached hydrogen (secondary N) is 1. The van der Waals surface area contributed by atoms with Gasteiger partial charge in [-0.2, -0.15) is 0 Å². The standard InChI is InChI=1S/C35H46N4O5S/c1-5-7-14-32(36-35(24-40)19-10-11-20-35)39(4)22-26-15-18-29(28(21-26)23-43-6-2)30-12-8-9-13-31(30)45(41,42)38-34-25(3)33(44-37-34)27-16-17-27/h8-9,12-13,15,18,21,24,27H,5-7,10-11,14,16-17,19-20,22-23H2,1-4H3,(H,37,38)/b36-32-. The molecule has 0 unspecified atom stereocenters. The van der Waals surface area contributed by atoms with E-state index < -0.39 is 15.6 Å². The average molecular weight is 635 g/mol. The van der Waals surface area contributed by atoms with Crippen molar-refractivity contribution in [1.29, 1.82) is 0 Å². The second-order valence-corrected chi connectivity index (χ2v) is 14.1. The van der Waals surface area contributed by atoms with Crippen molar-refractivity contribution in [2.45, 2.75) is 108 Å². The van der Waals surface area contributed by atoms with Crippen molar-refractivity contribution >= 4 is 28.0 Å². The number of carbonyl (C=O) groups is 1. The lowest BCUT2D eigenvalue weighted by atomic mass is 9.97. The summed E-state index contributed by atoms with van der Waals surface area (Å²) < 4.78 is 41.6. The number of rotatable bonds is 15. The molecular formula is C35H46N4O5S. The molecule has 0 bridgehead atoms. The van der Waals surface area contributed by atoms with Gasteiger partial charge in [0.25, 0.3) is 10.0 Å².